The summed E-state index contributed by atoms with van der Waals surface area (Å²) in [6, 6.07) is 0. The van der Waals surface area contributed by atoms with Gasteiger partial charge in [0.2, 0.25) is 0 Å². The van der Waals surface area contributed by atoms with Crippen LogP contribution in [-0.2, 0) is 11.2 Å². The van der Waals surface area contributed by atoms with Crippen LogP contribution < -0.4 is 11.1 Å². The standard InChI is InChI=1S/C11H19N3OS/c12-11(2-5-15-6-3-11)8-13-4-1-10-7-16-9-14-10/h7,9,13H,1-6,8,12H2. The van der Waals surface area contributed by atoms with Crippen molar-refractivity contribution in [2.75, 3.05) is 26.3 Å². The molecule has 0 atom stereocenters. The molecule has 0 spiro atoms. The molecule has 0 bridgehead atoms. The fraction of sp³-hybridized carbons (Fsp3) is 0.727. The highest BCUT2D eigenvalue weighted by molar-refractivity contribution is 7.07. The van der Waals surface area contributed by atoms with Crippen LogP contribution in [0.15, 0.2) is 10.9 Å². The van der Waals surface area contributed by atoms with Crippen molar-refractivity contribution in [3.05, 3.63) is 16.6 Å². The van der Waals surface area contributed by atoms with Gasteiger partial charge in [0, 0.05) is 43.6 Å². The molecule has 0 aromatic carbocycles. The lowest BCUT2D eigenvalue weighted by molar-refractivity contribution is 0.0533. The molecule has 1 aromatic heterocycles. The van der Waals surface area contributed by atoms with E-state index in [0.717, 1.165) is 51.3 Å². The van der Waals surface area contributed by atoms with Crippen LogP contribution in [-0.4, -0.2) is 36.8 Å². The van der Waals surface area contributed by atoms with Gasteiger partial charge in [-0.15, -0.1) is 11.3 Å². The molecular formula is C11H19N3OS. The third-order valence-electron chi connectivity index (χ3n) is 3.01. The SMILES string of the molecule is NC1(CNCCc2cscn2)CCOCC1. The van der Waals surface area contributed by atoms with Crippen LogP contribution in [0.25, 0.3) is 0 Å². The van der Waals surface area contributed by atoms with Gasteiger partial charge < -0.3 is 15.8 Å². The first-order valence-corrected chi connectivity index (χ1v) is 6.67. The predicted molar refractivity (Wildman–Crippen MR) is 65.7 cm³/mol. The first-order valence-electron chi connectivity index (χ1n) is 5.73. The lowest BCUT2D eigenvalue weighted by Gasteiger charge is -2.33. The average Bonchev–Trinajstić information content (AvgIpc) is 2.78. The molecule has 1 saturated heterocycles. The van der Waals surface area contributed by atoms with Crippen LogP contribution in [0, 0.1) is 0 Å². The van der Waals surface area contributed by atoms with E-state index in [1.807, 2.05) is 5.51 Å². The summed E-state index contributed by atoms with van der Waals surface area (Å²) in [5.41, 5.74) is 9.23. The largest absolute Gasteiger partial charge is 0.381 e. The molecule has 1 aliphatic heterocycles. The highest BCUT2D eigenvalue weighted by Crippen LogP contribution is 2.16. The minimum absolute atomic E-state index is 0.0691. The zero-order valence-corrected chi connectivity index (χ0v) is 10.3. The lowest BCUT2D eigenvalue weighted by Crippen LogP contribution is -2.52. The van der Waals surface area contributed by atoms with Gasteiger partial charge in [-0.05, 0) is 12.8 Å². The maximum Gasteiger partial charge on any atom is 0.0794 e. The van der Waals surface area contributed by atoms with Crippen LogP contribution in [0.5, 0.6) is 0 Å². The molecule has 0 unspecified atom stereocenters. The number of ether oxygens (including phenoxy) is 1. The highest BCUT2D eigenvalue weighted by Gasteiger charge is 2.27. The van der Waals surface area contributed by atoms with Gasteiger partial charge >= 0.3 is 0 Å². The summed E-state index contributed by atoms with van der Waals surface area (Å²) in [5, 5.41) is 5.51. The summed E-state index contributed by atoms with van der Waals surface area (Å²) in [7, 11) is 0. The third-order valence-corrected chi connectivity index (χ3v) is 3.64. The monoisotopic (exact) mass is 241 g/mol. The molecule has 0 saturated carbocycles. The van der Waals surface area contributed by atoms with Crippen molar-refractivity contribution in [1.29, 1.82) is 0 Å². The molecule has 0 radical (unpaired) electrons. The second-order valence-corrected chi connectivity index (χ2v) is 5.10. The molecule has 0 amide bonds. The zero-order valence-electron chi connectivity index (χ0n) is 9.45. The Morgan fingerprint density at radius 3 is 3.00 bits per heavy atom. The summed E-state index contributed by atoms with van der Waals surface area (Å²) in [6.07, 6.45) is 2.89. The summed E-state index contributed by atoms with van der Waals surface area (Å²) in [4.78, 5) is 4.25. The molecule has 3 N–H and O–H groups in total. The molecular weight excluding hydrogens is 222 g/mol. The normalized spacial score (nSPS) is 19.8. The molecule has 16 heavy (non-hydrogen) atoms. The summed E-state index contributed by atoms with van der Waals surface area (Å²) in [5.74, 6) is 0. The number of nitrogens with zero attached hydrogens (tertiary/aromatic N) is 1. The molecule has 0 aliphatic carbocycles. The summed E-state index contributed by atoms with van der Waals surface area (Å²) >= 11 is 1.64. The third kappa shape index (κ3) is 3.52. The van der Waals surface area contributed by atoms with Crippen molar-refractivity contribution in [2.24, 2.45) is 5.73 Å². The van der Waals surface area contributed by atoms with E-state index in [2.05, 4.69) is 15.7 Å². The van der Waals surface area contributed by atoms with E-state index in [-0.39, 0.29) is 5.54 Å². The lowest BCUT2D eigenvalue weighted by atomic mass is 9.91. The first-order chi connectivity index (χ1) is 7.79. The number of nitrogens with two attached hydrogens (primary N) is 1. The van der Waals surface area contributed by atoms with E-state index in [4.69, 9.17) is 10.5 Å². The highest BCUT2D eigenvalue weighted by atomic mass is 32.1. The Morgan fingerprint density at radius 2 is 2.31 bits per heavy atom. The molecule has 1 aliphatic rings. The van der Waals surface area contributed by atoms with Gasteiger partial charge in [0.15, 0.2) is 0 Å². The van der Waals surface area contributed by atoms with Gasteiger partial charge in [-0.25, -0.2) is 4.98 Å². The van der Waals surface area contributed by atoms with E-state index in [9.17, 15) is 0 Å². The van der Waals surface area contributed by atoms with Gasteiger partial charge in [-0.1, -0.05) is 0 Å². The number of rotatable bonds is 5. The number of hydrogen-bond acceptors (Lipinski definition) is 5. The van der Waals surface area contributed by atoms with E-state index in [1.165, 1.54) is 0 Å². The van der Waals surface area contributed by atoms with E-state index < -0.39 is 0 Å². The molecule has 90 valence electrons. The predicted octanol–water partition coefficient (Wildman–Crippen LogP) is 0.783. The topological polar surface area (TPSA) is 60.2 Å². The van der Waals surface area contributed by atoms with Crippen LogP contribution in [0.2, 0.25) is 0 Å². The van der Waals surface area contributed by atoms with Crippen molar-refractivity contribution < 1.29 is 4.74 Å². The molecule has 2 rings (SSSR count). The van der Waals surface area contributed by atoms with Crippen molar-refractivity contribution in [3.8, 4) is 0 Å². The molecule has 1 fully saturated rings. The molecule has 1 aromatic rings. The number of hydrogen-bond donors (Lipinski definition) is 2. The van der Waals surface area contributed by atoms with Crippen molar-refractivity contribution in [1.82, 2.24) is 10.3 Å². The Balaban J connectivity index is 1.63. The quantitative estimate of drug-likeness (QED) is 0.748. The second kappa shape index (κ2) is 5.72. The zero-order chi connectivity index (χ0) is 11.3. The Bertz CT molecular complexity index is 296. The van der Waals surface area contributed by atoms with Gasteiger partial charge in [0.1, 0.15) is 0 Å². The minimum Gasteiger partial charge on any atom is -0.381 e. The smallest absolute Gasteiger partial charge is 0.0794 e. The van der Waals surface area contributed by atoms with Crippen LogP contribution in [0.1, 0.15) is 18.5 Å². The van der Waals surface area contributed by atoms with Gasteiger partial charge in [0.05, 0.1) is 11.2 Å². The Labute approximate surface area is 100 Å². The maximum absolute atomic E-state index is 6.26. The van der Waals surface area contributed by atoms with E-state index in [1.54, 1.807) is 11.3 Å². The molecule has 4 nitrogen and oxygen atoms in total. The Hall–Kier alpha value is -0.490. The molecule has 2 heterocycles. The molecule has 5 heteroatoms. The van der Waals surface area contributed by atoms with E-state index >= 15 is 0 Å². The van der Waals surface area contributed by atoms with Crippen molar-refractivity contribution in [2.45, 2.75) is 24.8 Å². The van der Waals surface area contributed by atoms with Crippen molar-refractivity contribution in [3.63, 3.8) is 0 Å². The van der Waals surface area contributed by atoms with Crippen molar-refractivity contribution >= 4 is 11.3 Å². The van der Waals surface area contributed by atoms with Crippen LogP contribution in [0.4, 0.5) is 0 Å². The van der Waals surface area contributed by atoms with Crippen LogP contribution >= 0.6 is 11.3 Å². The fourth-order valence-corrected chi connectivity index (χ4v) is 2.46. The summed E-state index contributed by atoms with van der Waals surface area (Å²) in [6.45, 7) is 3.42. The van der Waals surface area contributed by atoms with Gasteiger partial charge in [0.25, 0.3) is 0 Å². The Kier molecular flexibility index (Phi) is 4.29. The Morgan fingerprint density at radius 1 is 1.50 bits per heavy atom. The number of aromatic nitrogens is 1. The number of thiazole rings is 1. The van der Waals surface area contributed by atoms with Gasteiger partial charge in [-0.3, -0.25) is 0 Å². The summed E-state index contributed by atoms with van der Waals surface area (Å²) < 4.78 is 5.31. The first kappa shape index (κ1) is 12.0. The maximum atomic E-state index is 6.26. The number of nitrogens with one attached hydrogen (secondary N) is 1. The average molecular weight is 241 g/mol. The van der Waals surface area contributed by atoms with Gasteiger partial charge in [-0.2, -0.15) is 0 Å². The fourth-order valence-electron chi connectivity index (χ4n) is 1.87. The van der Waals surface area contributed by atoms with Crippen LogP contribution in [0.3, 0.4) is 0 Å². The second-order valence-electron chi connectivity index (χ2n) is 4.38. The van der Waals surface area contributed by atoms with E-state index in [0.29, 0.717) is 0 Å². The minimum atomic E-state index is -0.0691.